The van der Waals surface area contributed by atoms with Crippen molar-refractivity contribution in [3.05, 3.63) is 35.4 Å². The first kappa shape index (κ1) is 11.4. The molecule has 1 aromatic carbocycles. The molecule has 4 nitrogen and oxygen atoms in total. The molecule has 1 aliphatic heterocycles. The molecular formula is C14H16N2O2. The van der Waals surface area contributed by atoms with Gasteiger partial charge in [-0.1, -0.05) is 12.1 Å². The lowest BCUT2D eigenvalue weighted by molar-refractivity contribution is 0.0567. The molecule has 1 saturated carbocycles. The molecule has 2 atom stereocenters. The van der Waals surface area contributed by atoms with E-state index in [2.05, 4.69) is 5.32 Å². The van der Waals surface area contributed by atoms with Crippen molar-refractivity contribution < 1.29 is 9.59 Å². The number of hydrogen-bond acceptors (Lipinski definition) is 3. The molecule has 94 valence electrons. The quantitative estimate of drug-likeness (QED) is 0.800. The lowest BCUT2D eigenvalue weighted by Gasteiger charge is -2.27. The molecule has 1 fully saturated rings. The van der Waals surface area contributed by atoms with Crippen molar-refractivity contribution in [2.75, 3.05) is 7.05 Å². The van der Waals surface area contributed by atoms with Crippen molar-refractivity contribution in [3.63, 3.8) is 0 Å². The van der Waals surface area contributed by atoms with E-state index in [1.165, 1.54) is 4.90 Å². The number of carbonyl (C=O) groups excluding carboxylic acids is 2. The molecule has 2 unspecified atom stereocenters. The Balaban J connectivity index is 1.97. The Morgan fingerprint density at radius 2 is 1.72 bits per heavy atom. The van der Waals surface area contributed by atoms with Crippen LogP contribution in [0.3, 0.4) is 0 Å². The summed E-state index contributed by atoms with van der Waals surface area (Å²) in [5, 5.41) is 3.21. The van der Waals surface area contributed by atoms with Gasteiger partial charge in [0.15, 0.2) is 0 Å². The van der Waals surface area contributed by atoms with Gasteiger partial charge < -0.3 is 5.32 Å². The Morgan fingerprint density at radius 3 is 2.28 bits per heavy atom. The SMILES string of the molecule is CNC1CCCC1N1C(=O)c2ccccc2C1=O. The van der Waals surface area contributed by atoms with Gasteiger partial charge in [-0.05, 0) is 38.4 Å². The molecule has 3 rings (SSSR count). The fourth-order valence-electron chi connectivity index (χ4n) is 3.10. The third-order valence-electron chi connectivity index (χ3n) is 4.01. The highest BCUT2D eigenvalue weighted by Gasteiger charge is 2.43. The number of hydrogen-bond donors (Lipinski definition) is 1. The number of nitrogens with zero attached hydrogens (tertiary/aromatic N) is 1. The van der Waals surface area contributed by atoms with Crippen LogP contribution in [0, 0.1) is 0 Å². The van der Waals surface area contributed by atoms with E-state index in [9.17, 15) is 9.59 Å². The average molecular weight is 244 g/mol. The van der Waals surface area contributed by atoms with Gasteiger partial charge in [0, 0.05) is 6.04 Å². The summed E-state index contributed by atoms with van der Waals surface area (Å²) in [7, 11) is 1.89. The van der Waals surface area contributed by atoms with E-state index in [1.807, 2.05) is 7.05 Å². The summed E-state index contributed by atoms with van der Waals surface area (Å²) in [5.41, 5.74) is 1.09. The van der Waals surface area contributed by atoms with Gasteiger partial charge in [-0.25, -0.2) is 0 Å². The highest BCUT2D eigenvalue weighted by atomic mass is 16.2. The van der Waals surface area contributed by atoms with Crippen LogP contribution < -0.4 is 5.32 Å². The maximum absolute atomic E-state index is 12.3. The van der Waals surface area contributed by atoms with E-state index in [1.54, 1.807) is 24.3 Å². The van der Waals surface area contributed by atoms with Gasteiger partial charge in [0.05, 0.1) is 17.2 Å². The summed E-state index contributed by atoms with van der Waals surface area (Å²) in [6.07, 6.45) is 2.98. The first-order chi connectivity index (χ1) is 8.74. The molecule has 0 bridgehead atoms. The average Bonchev–Trinajstić information content (AvgIpc) is 2.95. The van der Waals surface area contributed by atoms with Crippen molar-refractivity contribution in [1.82, 2.24) is 10.2 Å². The first-order valence-corrected chi connectivity index (χ1v) is 6.38. The number of benzene rings is 1. The van der Waals surface area contributed by atoms with Crippen LogP contribution in [-0.4, -0.2) is 35.8 Å². The normalized spacial score (nSPS) is 26.8. The van der Waals surface area contributed by atoms with Crippen molar-refractivity contribution in [2.24, 2.45) is 0 Å². The van der Waals surface area contributed by atoms with Gasteiger partial charge in [0.2, 0.25) is 0 Å². The van der Waals surface area contributed by atoms with Crippen molar-refractivity contribution in [1.29, 1.82) is 0 Å². The first-order valence-electron chi connectivity index (χ1n) is 6.38. The number of rotatable bonds is 2. The van der Waals surface area contributed by atoms with Gasteiger partial charge in [-0.3, -0.25) is 14.5 Å². The number of fused-ring (bicyclic) bond motifs is 1. The van der Waals surface area contributed by atoms with Crippen LogP contribution >= 0.6 is 0 Å². The molecular weight excluding hydrogens is 228 g/mol. The minimum absolute atomic E-state index is 0.00222. The number of likely N-dealkylation sites (N-methyl/N-ethyl adjacent to an activating group) is 1. The predicted molar refractivity (Wildman–Crippen MR) is 67.4 cm³/mol. The van der Waals surface area contributed by atoms with Gasteiger partial charge in [-0.15, -0.1) is 0 Å². The Hall–Kier alpha value is -1.68. The summed E-state index contributed by atoms with van der Waals surface area (Å²) in [5.74, 6) is -0.273. The van der Waals surface area contributed by atoms with Crippen molar-refractivity contribution in [3.8, 4) is 0 Å². The third kappa shape index (κ3) is 1.49. The third-order valence-corrected chi connectivity index (χ3v) is 4.01. The fraction of sp³-hybridized carbons (Fsp3) is 0.429. The Kier molecular flexibility index (Phi) is 2.67. The molecule has 1 N–H and O–H groups in total. The monoisotopic (exact) mass is 244 g/mol. The summed E-state index contributed by atoms with van der Waals surface area (Å²) >= 11 is 0. The predicted octanol–water partition coefficient (Wildman–Crippen LogP) is 1.42. The smallest absolute Gasteiger partial charge is 0.261 e. The number of carbonyl (C=O) groups is 2. The van der Waals surface area contributed by atoms with Gasteiger partial charge in [-0.2, -0.15) is 0 Å². The minimum Gasteiger partial charge on any atom is -0.315 e. The molecule has 1 aromatic rings. The number of imide groups is 1. The van der Waals surface area contributed by atoms with Crippen LogP contribution in [0.1, 0.15) is 40.0 Å². The maximum Gasteiger partial charge on any atom is 0.261 e. The molecule has 2 amide bonds. The maximum atomic E-state index is 12.3. The van der Waals surface area contributed by atoms with Crippen LogP contribution in [0.2, 0.25) is 0 Å². The Bertz CT molecular complexity index is 477. The molecule has 0 saturated heterocycles. The summed E-state index contributed by atoms with van der Waals surface area (Å²) < 4.78 is 0. The lowest BCUT2D eigenvalue weighted by Crippen LogP contribution is -2.48. The topological polar surface area (TPSA) is 49.4 Å². The van der Waals surface area contributed by atoms with Crippen LogP contribution in [0.4, 0.5) is 0 Å². The molecule has 0 aromatic heterocycles. The molecule has 0 radical (unpaired) electrons. The van der Waals surface area contributed by atoms with E-state index in [0.29, 0.717) is 11.1 Å². The molecule has 18 heavy (non-hydrogen) atoms. The van der Waals surface area contributed by atoms with Crippen LogP contribution in [0.5, 0.6) is 0 Å². The Labute approximate surface area is 106 Å². The summed E-state index contributed by atoms with van der Waals surface area (Å²) in [6.45, 7) is 0. The highest BCUT2D eigenvalue weighted by Crippen LogP contribution is 2.31. The van der Waals surface area contributed by atoms with Crippen LogP contribution in [0.25, 0.3) is 0 Å². The van der Waals surface area contributed by atoms with Gasteiger partial charge >= 0.3 is 0 Å². The van der Waals surface area contributed by atoms with E-state index < -0.39 is 0 Å². The second kappa shape index (κ2) is 4.21. The van der Waals surface area contributed by atoms with E-state index in [0.717, 1.165) is 19.3 Å². The fourth-order valence-corrected chi connectivity index (χ4v) is 3.10. The second-order valence-electron chi connectivity index (χ2n) is 4.92. The highest BCUT2D eigenvalue weighted by molar-refractivity contribution is 6.21. The van der Waals surface area contributed by atoms with E-state index in [4.69, 9.17) is 0 Å². The summed E-state index contributed by atoms with van der Waals surface area (Å²) in [4.78, 5) is 26.1. The zero-order valence-corrected chi connectivity index (χ0v) is 10.3. The molecule has 4 heteroatoms. The number of amides is 2. The van der Waals surface area contributed by atoms with Crippen LogP contribution in [-0.2, 0) is 0 Å². The van der Waals surface area contributed by atoms with E-state index in [-0.39, 0.29) is 23.9 Å². The molecule has 1 aliphatic carbocycles. The Morgan fingerprint density at radius 1 is 1.11 bits per heavy atom. The lowest BCUT2D eigenvalue weighted by atomic mass is 10.1. The number of nitrogens with one attached hydrogen (secondary N) is 1. The molecule has 1 heterocycles. The zero-order valence-electron chi connectivity index (χ0n) is 10.3. The standard InChI is InChI=1S/C14H16N2O2/c1-15-11-7-4-8-12(11)16-13(17)9-5-2-3-6-10(9)14(16)18/h2-3,5-6,11-12,15H,4,7-8H2,1H3. The summed E-state index contributed by atoms with van der Waals surface area (Å²) in [6, 6.07) is 7.31. The molecule has 2 aliphatic rings. The zero-order chi connectivity index (χ0) is 12.7. The largest absolute Gasteiger partial charge is 0.315 e. The van der Waals surface area contributed by atoms with Crippen LogP contribution in [0.15, 0.2) is 24.3 Å². The molecule has 0 spiro atoms. The van der Waals surface area contributed by atoms with Gasteiger partial charge in [0.1, 0.15) is 0 Å². The second-order valence-corrected chi connectivity index (χ2v) is 4.92. The van der Waals surface area contributed by atoms with E-state index >= 15 is 0 Å². The minimum atomic E-state index is -0.136. The van der Waals surface area contributed by atoms with Crippen molar-refractivity contribution >= 4 is 11.8 Å². The van der Waals surface area contributed by atoms with Crippen molar-refractivity contribution in [2.45, 2.75) is 31.3 Å². The van der Waals surface area contributed by atoms with Gasteiger partial charge in [0.25, 0.3) is 11.8 Å².